The van der Waals surface area contributed by atoms with Gasteiger partial charge in [-0.2, -0.15) is 8.42 Å². The Labute approximate surface area is 157 Å². The first kappa shape index (κ1) is 19.4. The molecule has 10 heteroatoms. The summed E-state index contributed by atoms with van der Waals surface area (Å²) in [5, 5.41) is 8.80. The average molecular weight is 479 g/mol. The summed E-state index contributed by atoms with van der Waals surface area (Å²) in [6.45, 7) is 0. The number of nitrogens with two attached hydrogens (primary N) is 1. The summed E-state index contributed by atoms with van der Waals surface area (Å²) in [5.41, 5.74) is 6.24. The summed E-state index contributed by atoms with van der Waals surface area (Å²) in [5.74, 6) is -0.149. The molecule has 4 N–H and O–H groups in total. The lowest BCUT2D eigenvalue weighted by Crippen LogP contribution is -2.32. The van der Waals surface area contributed by atoms with Crippen LogP contribution in [-0.2, 0) is 21.6 Å². The van der Waals surface area contributed by atoms with Gasteiger partial charge in [0.2, 0.25) is 0 Å². The topological polar surface area (TPSA) is 136 Å². The number of hydrogen-bond acceptors (Lipinski definition) is 6. The summed E-state index contributed by atoms with van der Waals surface area (Å²) in [6, 6.07) is 10.2. The van der Waals surface area contributed by atoms with Crippen molar-refractivity contribution >= 4 is 39.0 Å². The number of carbonyl (C=O) groups is 1. The van der Waals surface area contributed by atoms with Gasteiger partial charge in [-0.1, -0.05) is 12.1 Å². The van der Waals surface area contributed by atoms with Crippen molar-refractivity contribution in [2.45, 2.75) is 12.5 Å². The molecule has 0 spiro atoms. The van der Waals surface area contributed by atoms with Gasteiger partial charge >= 0.3 is 16.4 Å². The van der Waals surface area contributed by atoms with E-state index in [1.807, 2.05) is 22.6 Å². The second-order valence-electron chi connectivity index (χ2n) is 5.00. The largest absolute Gasteiger partial charge is 0.480 e. The Morgan fingerprint density at radius 2 is 1.76 bits per heavy atom. The normalized spacial score (nSPS) is 12.4. The SMILES string of the molecule is N[C@H](Cc1ccc(Oc2ccc(OS(=O)(=O)O)c(I)c2)cc1)C(=O)O. The van der Waals surface area contributed by atoms with E-state index in [4.69, 9.17) is 20.1 Å². The number of rotatable bonds is 7. The molecule has 0 aliphatic heterocycles. The number of benzene rings is 2. The van der Waals surface area contributed by atoms with Crippen LogP contribution in [0.25, 0.3) is 0 Å². The molecule has 25 heavy (non-hydrogen) atoms. The number of carboxylic acid groups (broad SMARTS) is 1. The molecule has 1 atom stereocenters. The maximum atomic E-state index is 10.7. The minimum atomic E-state index is -4.59. The molecular formula is C15H14INO7S. The van der Waals surface area contributed by atoms with Gasteiger partial charge in [-0.3, -0.25) is 9.35 Å². The van der Waals surface area contributed by atoms with Crippen LogP contribution in [0.5, 0.6) is 17.2 Å². The first-order valence-electron chi connectivity index (χ1n) is 6.85. The molecule has 0 bridgehead atoms. The predicted molar refractivity (Wildman–Crippen MR) is 97.2 cm³/mol. The molecule has 0 aliphatic rings. The molecule has 0 saturated carbocycles. The molecule has 2 aromatic carbocycles. The van der Waals surface area contributed by atoms with Crippen LogP contribution in [0.3, 0.4) is 0 Å². The quantitative estimate of drug-likeness (QED) is 0.407. The Balaban J connectivity index is 2.07. The molecule has 134 valence electrons. The first-order chi connectivity index (χ1) is 11.6. The number of carboxylic acids is 1. The van der Waals surface area contributed by atoms with Gasteiger partial charge < -0.3 is 19.8 Å². The van der Waals surface area contributed by atoms with Gasteiger partial charge in [-0.15, -0.1) is 0 Å². The first-order valence-corrected chi connectivity index (χ1v) is 9.30. The Morgan fingerprint density at radius 1 is 1.16 bits per heavy atom. The summed E-state index contributed by atoms with van der Waals surface area (Å²) < 4.78 is 40.6. The van der Waals surface area contributed by atoms with E-state index in [0.717, 1.165) is 5.56 Å². The maximum Gasteiger partial charge on any atom is 0.446 e. The highest BCUT2D eigenvalue weighted by atomic mass is 127. The Hall–Kier alpha value is -1.89. The fourth-order valence-electron chi connectivity index (χ4n) is 1.90. The van der Waals surface area contributed by atoms with Gasteiger partial charge in [0, 0.05) is 0 Å². The minimum Gasteiger partial charge on any atom is -0.480 e. The van der Waals surface area contributed by atoms with E-state index in [0.29, 0.717) is 15.1 Å². The second kappa shape index (κ2) is 7.99. The molecular weight excluding hydrogens is 465 g/mol. The van der Waals surface area contributed by atoms with Crippen molar-refractivity contribution in [1.29, 1.82) is 0 Å². The van der Waals surface area contributed by atoms with Gasteiger partial charge in [0.05, 0.1) is 3.57 Å². The zero-order valence-electron chi connectivity index (χ0n) is 12.6. The Kier molecular flexibility index (Phi) is 6.21. The fraction of sp³-hybridized carbons (Fsp3) is 0.133. The van der Waals surface area contributed by atoms with Gasteiger partial charge in [-0.25, -0.2) is 0 Å². The molecule has 0 radical (unpaired) electrons. The number of ether oxygens (including phenoxy) is 1. The summed E-state index contributed by atoms with van der Waals surface area (Å²) in [7, 11) is -4.59. The standard InChI is InChI=1S/C15H14INO7S/c16-12-8-11(5-6-14(12)24-25(20,21)22)23-10-3-1-9(2-4-10)7-13(17)15(18)19/h1-6,8,13H,7,17H2,(H,18,19)(H,20,21,22)/t13-/m1/s1. The lowest BCUT2D eigenvalue weighted by atomic mass is 10.1. The van der Waals surface area contributed by atoms with Crippen molar-refractivity contribution in [3.63, 3.8) is 0 Å². The van der Waals surface area contributed by atoms with E-state index in [2.05, 4.69) is 4.18 Å². The molecule has 0 heterocycles. The lowest BCUT2D eigenvalue weighted by Gasteiger charge is -2.10. The molecule has 0 aliphatic carbocycles. The van der Waals surface area contributed by atoms with Crippen LogP contribution in [0.4, 0.5) is 0 Å². The Bertz CT molecular complexity index is 868. The highest BCUT2D eigenvalue weighted by Gasteiger charge is 2.13. The monoisotopic (exact) mass is 479 g/mol. The average Bonchev–Trinajstić information content (AvgIpc) is 2.50. The maximum absolute atomic E-state index is 10.7. The van der Waals surface area contributed by atoms with Crippen LogP contribution >= 0.6 is 22.6 Å². The molecule has 0 fully saturated rings. The fourth-order valence-corrected chi connectivity index (χ4v) is 3.02. The smallest absolute Gasteiger partial charge is 0.446 e. The van der Waals surface area contributed by atoms with Gasteiger partial charge in [0.1, 0.15) is 17.5 Å². The molecule has 0 unspecified atom stereocenters. The van der Waals surface area contributed by atoms with Gasteiger partial charge in [0.15, 0.2) is 5.75 Å². The van der Waals surface area contributed by atoms with E-state index < -0.39 is 22.4 Å². The van der Waals surface area contributed by atoms with Crippen LogP contribution in [0.2, 0.25) is 0 Å². The van der Waals surface area contributed by atoms with Crippen molar-refractivity contribution in [3.8, 4) is 17.2 Å². The summed E-state index contributed by atoms with van der Waals surface area (Å²) in [4.78, 5) is 10.7. The molecule has 8 nitrogen and oxygen atoms in total. The molecule has 2 rings (SSSR count). The van der Waals surface area contributed by atoms with E-state index >= 15 is 0 Å². The molecule has 0 saturated heterocycles. The van der Waals surface area contributed by atoms with Crippen molar-refractivity contribution in [3.05, 3.63) is 51.6 Å². The molecule has 2 aromatic rings. The number of aliphatic carboxylic acids is 1. The van der Waals surface area contributed by atoms with E-state index in [1.165, 1.54) is 18.2 Å². The summed E-state index contributed by atoms with van der Waals surface area (Å²) in [6.07, 6.45) is 0.204. The molecule has 0 amide bonds. The highest BCUT2D eigenvalue weighted by Crippen LogP contribution is 2.29. The van der Waals surface area contributed by atoms with E-state index in [1.54, 1.807) is 24.3 Å². The number of halogens is 1. The lowest BCUT2D eigenvalue weighted by molar-refractivity contribution is -0.138. The van der Waals surface area contributed by atoms with Crippen LogP contribution in [0.1, 0.15) is 5.56 Å². The van der Waals surface area contributed by atoms with Crippen molar-refractivity contribution in [2.24, 2.45) is 5.73 Å². The zero-order chi connectivity index (χ0) is 18.6. The van der Waals surface area contributed by atoms with Crippen LogP contribution in [-0.4, -0.2) is 30.1 Å². The third-order valence-corrected chi connectivity index (χ3v) is 4.26. The zero-order valence-corrected chi connectivity index (χ0v) is 15.6. The van der Waals surface area contributed by atoms with Crippen LogP contribution < -0.4 is 14.7 Å². The van der Waals surface area contributed by atoms with E-state index in [-0.39, 0.29) is 12.2 Å². The van der Waals surface area contributed by atoms with Crippen molar-refractivity contribution in [2.75, 3.05) is 0 Å². The Morgan fingerprint density at radius 3 is 2.28 bits per heavy atom. The third kappa shape index (κ3) is 6.16. The van der Waals surface area contributed by atoms with Gasteiger partial charge in [0.25, 0.3) is 0 Å². The molecule has 0 aromatic heterocycles. The predicted octanol–water partition coefficient (Wildman–Crippen LogP) is 2.22. The second-order valence-corrected chi connectivity index (χ2v) is 7.18. The number of hydrogen-bond donors (Lipinski definition) is 3. The van der Waals surface area contributed by atoms with Crippen LogP contribution in [0.15, 0.2) is 42.5 Å². The summed E-state index contributed by atoms with van der Waals surface area (Å²) >= 11 is 1.84. The van der Waals surface area contributed by atoms with Gasteiger partial charge in [-0.05, 0) is 64.9 Å². The minimum absolute atomic E-state index is 0.0199. The van der Waals surface area contributed by atoms with Crippen LogP contribution in [0, 0.1) is 3.57 Å². The van der Waals surface area contributed by atoms with Crippen molar-refractivity contribution in [1.82, 2.24) is 0 Å². The van der Waals surface area contributed by atoms with Crippen molar-refractivity contribution < 1.29 is 31.8 Å². The van der Waals surface area contributed by atoms with E-state index in [9.17, 15) is 13.2 Å². The third-order valence-electron chi connectivity index (χ3n) is 3.03. The highest BCUT2D eigenvalue weighted by molar-refractivity contribution is 14.1.